The van der Waals surface area contributed by atoms with E-state index in [1.165, 1.54) is 12.3 Å². The van der Waals surface area contributed by atoms with Crippen molar-refractivity contribution in [3.8, 4) is 0 Å². The van der Waals surface area contributed by atoms with Gasteiger partial charge in [-0.25, -0.2) is 4.79 Å². The summed E-state index contributed by atoms with van der Waals surface area (Å²) in [7, 11) is 0. The lowest BCUT2D eigenvalue weighted by molar-refractivity contribution is -0.304. The maximum atomic E-state index is 12.5. The molecule has 6 N–H and O–H groups in total. The summed E-state index contributed by atoms with van der Waals surface area (Å²) < 4.78 is 16.8. The zero-order valence-corrected chi connectivity index (χ0v) is 23.3. The Hall–Kier alpha value is -1.63. The fourth-order valence-corrected chi connectivity index (χ4v) is 9.16. The molecule has 222 valence electrons. The van der Waals surface area contributed by atoms with E-state index in [1.54, 1.807) is 13.0 Å². The smallest absolute Gasteiger partial charge is 0.335 e. The summed E-state index contributed by atoms with van der Waals surface area (Å²) in [4.78, 5) is 11.6. The van der Waals surface area contributed by atoms with Gasteiger partial charge < -0.3 is 44.5 Å². The Morgan fingerprint density at radius 3 is 2.40 bits per heavy atom. The summed E-state index contributed by atoms with van der Waals surface area (Å²) in [6, 6.07) is 3.07. The van der Waals surface area contributed by atoms with Crippen LogP contribution < -0.4 is 5.63 Å². The molecule has 1 aromatic heterocycles. The minimum absolute atomic E-state index is 0.106. The average Bonchev–Trinajstić information content (AvgIpc) is 3.19. The lowest BCUT2D eigenvalue weighted by Gasteiger charge is -2.67. The monoisotopic (exact) mass is 562 g/mol. The van der Waals surface area contributed by atoms with Crippen LogP contribution in [-0.4, -0.2) is 84.8 Å². The van der Waals surface area contributed by atoms with Gasteiger partial charge in [0.15, 0.2) is 6.29 Å². The van der Waals surface area contributed by atoms with Crippen molar-refractivity contribution in [2.75, 3.05) is 0 Å². The molecule has 1 saturated heterocycles. The Labute approximate surface area is 233 Å². The minimum atomic E-state index is -1.40. The van der Waals surface area contributed by atoms with Crippen LogP contribution in [0.25, 0.3) is 0 Å². The first-order valence-corrected chi connectivity index (χ1v) is 14.5. The molecular weight excluding hydrogens is 520 g/mol. The van der Waals surface area contributed by atoms with Gasteiger partial charge in [0.1, 0.15) is 18.3 Å². The first-order valence-electron chi connectivity index (χ1n) is 14.5. The number of aliphatic hydroxyl groups excluding tert-OH is 4. The summed E-state index contributed by atoms with van der Waals surface area (Å²) in [5.41, 5.74) is -3.02. The second-order valence-electron chi connectivity index (χ2n) is 13.3. The van der Waals surface area contributed by atoms with Crippen molar-refractivity contribution in [1.29, 1.82) is 0 Å². The van der Waals surface area contributed by atoms with Crippen molar-refractivity contribution >= 4 is 0 Å². The molecule has 3 saturated carbocycles. The summed E-state index contributed by atoms with van der Waals surface area (Å²) in [6.45, 7) is 5.52. The van der Waals surface area contributed by atoms with Crippen molar-refractivity contribution in [1.82, 2.24) is 0 Å². The number of fused-ring (bicyclic) bond motifs is 5. The van der Waals surface area contributed by atoms with Gasteiger partial charge in [0.25, 0.3) is 0 Å². The van der Waals surface area contributed by atoms with Crippen LogP contribution in [0.4, 0.5) is 0 Å². The summed E-state index contributed by atoms with van der Waals surface area (Å²) >= 11 is 0. The molecule has 2 heterocycles. The highest BCUT2D eigenvalue weighted by Crippen LogP contribution is 2.71. The fraction of sp³-hybridized carbons (Fsp3) is 0.767. The van der Waals surface area contributed by atoms with Crippen molar-refractivity contribution < 1.29 is 44.5 Å². The van der Waals surface area contributed by atoms with Gasteiger partial charge >= 0.3 is 5.63 Å². The largest absolute Gasteiger partial charge is 0.431 e. The Morgan fingerprint density at radius 2 is 1.70 bits per heavy atom. The molecule has 0 radical (unpaired) electrons. The third kappa shape index (κ3) is 3.74. The molecule has 6 rings (SSSR count). The number of rotatable bonds is 3. The number of ether oxygens (including phenoxy) is 2. The lowest BCUT2D eigenvalue weighted by Crippen LogP contribution is -2.73. The third-order valence-corrected chi connectivity index (χ3v) is 11.7. The Kier molecular flexibility index (Phi) is 6.72. The van der Waals surface area contributed by atoms with E-state index in [1.807, 2.05) is 19.9 Å². The maximum Gasteiger partial charge on any atom is 0.335 e. The van der Waals surface area contributed by atoms with Crippen LogP contribution in [0, 0.1) is 16.7 Å². The predicted octanol–water partition coefficient (Wildman–Crippen LogP) is 1.10. The van der Waals surface area contributed by atoms with Gasteiger partial charge in [0.2, 0.25) is 0 Å². The van der Waals surface area contributed by atoms with Crippen LogP contribution in [0.1, 0.15) is 77.2 Å². The number of hydrogen-bond acceptors (Lipinski definition) is 10. The van der Waals surface area contributed by atoms with Crippen molar-refractivity contribution in [3.63, 3.8) is 0 Å². The van der Waals surface area contributed by atoms with E-state index in [0.29, 0.717) is 38.5 Å². The molecule has 4 fully saturated rings. The van der Waals surface area contributed by atoms with Crippen molar-refractivity contribution in [3.05, 3.63) is 46.0 Å². The van der Waals surface area contributed by atoms with E-state index in [-0.39, 0.29) is 12.3 Å². The van der Waals surface area contributed by atoms with Gasteiger partial charge in [-0.2, -0.15) is 0 Å². The zero-order chi connectivity index (χ0) is 28.8. The van der Waals surface area contributed by atoms with Crippen molar-refractivity contribution in [2.45, 2.75) is 126 Å². The van der Waals surface area contributed by atoms with E-state index >= 15 is 0 Å². The van der Waals surface area contributed by atoms with Gasteiger partial charge in [-0.05, 0) is 63.0 Å². The van der Waals surface area contributed by atoms with E-state index in [4.69, 9.17) is 13.9 Å². The Morgan fingerprint density at radius 1 is 0.950 bits per heavy atom. The van der Waals surface area contributed by atoms with Crippen LogP contribution in [-0.2, 0) is 9.47 Å². The zero-order valence-electron chi connectivity index (χ0n) is 23.3. The first kappa shape index (κ1) is 28.5. The van der Waals surface area contributed by atoms with Crippen molar-refractivity contribution in [2.24, 2.45) is 16.7 Å². The first-order chi connectivity index (χ1) is 18.8. The molecule has 4 aliphatic carbocycles. The molecule has 10 heteroatoms. The highest BCUT2D eigenvalue weighted by molar-refractivity contribution is 5.36. The molecule has 13 atom stereocenters. The van der Waals surface area contributed by atoms with E-state index < -0.39 is 76.5 Å². The lowest BCUT2D eigenvalue weighted by atomic mass is 9.42. The molecule has 0 unspecified atom stereocenters. The summed E-state index contributed by atoms with van der Waals surface area (Å²) in [5.74, 6) is -0.691. The summed E-state index contributed by atoms with van der Waals surface area (Å²) in [6.07, 6.45) is -0.505. The molecule has 10 nitrogen and oxygen atoms in total. The van der Waals surface area contributed by atoms with Crippen LogP contribution in [0.15, 0.2) is 39.3 Å². The highest BCUT2D eigenvalue weighted by atomic mass is 16.7. The molecule has 5 aliphatic rings. The standard InChI is InChI=1S/C30H42O10/c1-15-23(33)24(34)25(35)26(39-15)40-18-8-10-27(2)17(12-18)5-6-20-29(36)11-9-19(16-4-7-22(32)38-14-16)28(29,3)21(31)13-30(20,27)37/h4,7,12,14-15,18-21,23-26,31,33-37H,5-6,8-11,13H2,1-3H3/t15-,18-,19+,20-,21+,23-,24+,25+,26-,27-,28-,29-,30+/m0/s1. The number of hydrogen-bond donors (Lipinski definition) is 6. The molecule has 0 amide bonds. The molecule has 0 aromatic carbocycles. The Balaban J connectivity index is 1.28. The molecule has 0 bridgehead atoms. The van der Waals surface area contributed by atoms with Crippen LogP contribution >= 0.6 is 0 Å². The van der Waals surface area contributed by atoms with E-state index in [2.05, 4.69) is 0 Å². The SMILES string of the molecule is C[C@@H]1O[C@@H](O[C@@H]2C=C3CC[C@@H]4[C@](O)(C[C@@H](O)[C@]5(C)[C@@H](c6ccc(=O)oc6)CC[C@]45O)[C@@]3(C)CC2)[C@H](O)[C@H](O)[C@H]1O. The number of aliphatic hydroxyl groups is 6. The second-order valence-corrected chi connectivity index (χ2v) is 13.3. The van der Waals surface area contributed by atoms with Gasteiger partial charge in [-0.15, -0.1) is 0 Å². The van der Waals surface area contributed by atoms with Crippen LogP contribution in [0.5, 0.6) is 0 Å². The molecule has 1 aromatic rings. The fourth-order valence-electron chi connectivity index (χ4n) is 9.16. The Bertz CT molecular complexity index is 1210. The molecule has 1 aliphatic heterocycles. The molecular formula is C30H42O10. The molecule has 40 heavy (non-hydrogen) atoms. The predicted molar refractivity (Wildman–Crippen MR) is 141 cm³/mol. The maximum absolute atomic E-state index is 12.5. The van der Waals surface area contributed by atoms with Gasteiger partial charge in [0.05, 0.1) is 35.8 Å². The third-order valence-electron chi connectivity index (χ3n) is 11.7. The normalized spacial score (nSPS) is 52.3. The quantitative estimate of drug-likeness (QED) is 0.293. The van der Waals surface area contributed by atoms with Gasteiger partial charge in [0, 0.05) is 29.2 Å². The minimum Gasteiger partial charge on any atom is -0.431 e. The summed E-state index contributed by atoms with van der Waals surface area (Å²) in [5, 5.41) is 67.2. The highest BCUT2D eigenvalue weighted by Gasteiger charge is 2.74. The van der Waals surface area contributed by atoms with E-state index in [9.17, 15) is 35.4 Å². The topological polar surface area (TPSA) is 170 Å². The van der Waals surface area contributed by atoms with Gasteiger partial charge in [-0.3, -0.25) is 0 Å². The second kappa shape index (κ2) is 9.44. The van der Waals surface area contributed by atoms with Crippen LogP contribution in [0.2, 0.25) is 0 Å². The van der Waals surface area contributed by atoms with E-state index in [0.717, 1.165) is 11.1 Å². The van der Waals surface area contributed by atoms with Gasteiger partial charge in [-0.1, -0.05) is 25.5 Å². The van der Waals surface area contributed by atoms with Crippen LogP contribution in [0.3, 0.4) is 0 Å². The average molecular weight is 563 g/mol. The molecule has 0 spiro atoms.